The molecular weight excluding hydrogens is 334 g/mol. The second-order valence-electron chi connectivity index (χ2n) is 6.09. The lowest BCUT2D eigenvalue weighted by molar-refractivity contribution is 0.0168. The van der Waals surface area contributed by atoms with Gasteiger partial charge in [-0.15, -0.1) is 0 Å². The molecule has 0 bridgehead atoms. The summed E-state index contributed by atoms with van der Waals surface area (Å²) in [4.78, 5) is 14.5. The van der Waals surface area contributed by atoms with Crippen molar-refractivity contribution in [2.45, 2.75) is 12.5 Å². The molecule has 25 heavy (non-hydrogen) atoms. The fraction of sp³-hybridized carbons (Fsp3) is 0.421. The summed E-state index contributed by atoms with van der Waals surface area (Å²) in [5.41, 5.74) is 2.49. The SMILES string of the molecule is O=C(NCCc1ccccc1)NC[C@@H](c1ccsc1)N1CCOCC1. The van der Waals surface area contributed by atoms with E-state index < -0.39 is 0 Å². The average Bonchev–Trinajstić information content (AvgIpc) is 3.18. The predicted molar refractivity (Wildman–Crippen MR) is 101 cm³/mol. The Hall–Kier alpha value is -1.89. The van der Waals surface area contributed by atoms with E-state index in [1.54, 1.807) is 11.3 Å². The first-order valence-electron chi connectivity index (χ1n) is 8.72. The number of hydrogen-bond acceptors (Lipinski definition) is 4. The third kappa shape index (κ3) is 5.56. The summed E-state index contributed by atoms with van der Waals surface area (Å²) in [5.74, 6) is 0. The second-order valence-corrected chi connectivity index (χ2v) is 6.87. The molecule has 2 aromatic rings. The van der Waals surface area contributed by atoms with E-state index in [1.165, 1.54) is 11.1 Å². The summed E-state index contributed by atoms with van der Waals surface area (Å²) in [7, 11) is 0. The van der Waals surface area contributed by atoms with Crippen molar-refractivity contribution in [3.05, 3.63) is 58.3 Å². The molecule has 1 fully saturated rings. The number of rotatable bonds is 7. The number of benzene rings is 1. The van der Waals surface area contributed by atoms with E-state index in [9.17, 15) is 4.79 Å². The average molecular weight is 359 g/mol. The van der Waals surface area contributed by atoms with Crippen LogP contribution in [-0.4, -0.2) is 50.3 Å². The quantitative estimate of drug-likeness (QED) is 0.799. The lowest BCUT2D eigenvalue weighted by atomic mass is 10.1. The molecule has 2 heterocycles. The smallest absolute Gasteiger partial charge is 0.314 e. The third-order valence-electron chi connectivity index (χ3n) is 4.41. The number of amides is 2. The Morgan fingerprint density at radius 1 is 1.16 bits per heavy atom. The molecule has 1 aromatic heterocycles. The Bertz CT molecular complexity index is 627. The molecule has 0 radical (unpaired) electrons. The van der Waals surface area contributed by atoms with E-state index in [0.29, 0.717) is 13.1 Å². The number of morpholine rings is 1. The predicted octanol–water partition coefficient (Wildman–Crippen LogP) is 2.66. The van der Waals surface area contributed by atoms with Gasteiger partial charge in [-0.2, -0.15) is 11.3 Å². The first-order chi connectivity index (χ1) is 12.3. The van der Waals surface area contributed by atoms with E-state index in [4.69, 9.17) is 4.74 Å². The van der Waals surface area contributed by atoms with E-state index in [0.717, 1.165) is 32.7 Å². The molecule has 1 saturated heterocycles. The van der Waals surface area contributed by atoms with Crippen LogP contribution in [-0.2, 0) is 11.2 Å². The Kier molecular flexibility index (Phi) is 6.85. The largest absolute Gasteiger partial charge is 0.379 e. The van der Waals surface area contributed by atoms with Gasteiger partial charge in [0.2, 0.25) is 0 Å². The number of carbonyl (C=O) groups is 1. The summed E-state index contributed by atoms with van der Waals surface area (Å²) in [6, 6.07) is 12.4. The number of thiophene rings is 1. The Morgan fingerprint density at radius 2 is 1.96 bits per heavy atom. The lowest BCUT2D eigenvalue weighted by Crippen LogP contribution is -2.45. The summed E-state index contributed by atoms with van der Waals surface area (Å²) >= 11 is 1.69. The number of carbonyl (C=O) groups excluding carboxylic acids is 1. The van der Waals surface area contributed by atoms with Crippen LogP contribution < -0.4 is 10.6 Å². The zero-order chi connectivity index (χ0) is 17.3. The van der Waals surface area contributed by atoms with E-state index >= 15 is 0 Å². The van der Waals surface area contributed by atoms with E-state index in [-0.39, 0.29) is 12.1 Å². The van der Waals surface area contributed by atoms with Gasteiger partial charge in [-0.3, -0.25) is 4.90 Å². The van der Waals surface area contributed by atoms with Crippen molar-refractivity contribution in [2.75, 3.05) is 39.4 Å². The van der Waals surface area contributed by atoms with Gasteiger partial charge in [-0.05, 0) is 34.4 Å². The summed E-state index contributed by atoms with van der Waals surface area (Å²) < 4.78 is 5.45. The third-order valence-corrected chi connectivity index (χ3v) is 5.11. The number of nitrogens with zero attached hydrogens (tertiary/aromatic N) is 1. The van der Waals surface area contributed by atoms with Crippen LogP contribution in [0.5, 0.6) is 0 Å². The van der Waals surface area contributed by atoms with Crippen molar-refractivity contribution >= 4 is 17.4 Å². The van der Waals surface area contributed by atoms with Crippen molar-refractivity contribution in [1.29, 1.82) is 0 Å². The summed E-state index contributed by atoms with van der Waals surface area (Å²) in [5, 5.41) is 10.2. The van der Waals surface area contributed by atoms with Gasteiger partial charge in [0.1, 0.15) is 0 Å². The molecule has 3 rings (SSSR count). The van der Waals surface area contributed by atoms with Gasteiger partial charge < -0.3 is 15.4 Å². The first-order valence-corrected chi connectivity index (χ1v) is 9.67. The monoisotopic (exact) mass is 359 g/mol. The fourth-order valence-corrected chi connectivity index (χ4v) is 3.74. The maximum absolute atomic E-state index is 12.1. The van der Waals surface area contributed by atoms with Crippen LogP contribution >= 0.6 is 11.3 Å². The molecule has 1 atom stereocenters. The minimum absolute atomic E-state index is 0.107. The van der Waals surface area contributed by atoms with Crippen LogP contribution in [0.3, 0.4) is 0 Å². The molecule has 1 aromatic carbocycles. The second kappa shape index (κ2) is 9.56. The van der Waals surface area contributed by atoms with Gasteiger partial charge >= 0.3 is 6.03 Å². The highest BCUT2D eigenvalue weighted by atomic mass is 32.1. The minimum Gasteiger partial charge on any atom is -0.379 e. The lowest BCUT2D eigenvalue weighted by Gasteiger charge is -2.34. The van der Waals surface area contributed by atoms with Gasteiger partial charge in [0, 0.05) is 26.2 Å². The molecule has 0 unspecified atom stereocenters. The molecule has 134 valence electrons. The molecule has 1 aliphatic rings. The molecule has 6 heteroatoms. The molecule has 1 aliphatic heterocycles. The normalized spacial score (nSPS) is 16.3. The van der Waals surface area contributed by atoms with Crippen molar-refractivity contribution in [1.82, 2.24) is 15.5 Å². The number of urea groups is 1. The van der Waals surface area contributed by atoms with Crippen LogP contribution in [0.15, 0.2) is 47.2 Å². The van der Waals surface area contributed by atoms with Gasteiger partial charge in [-0.1, -0.05) is 30.3 Å². The zero-order valence-electron chi connectivity index (χ0n) is 14.3. The molecule has 5 nitrogen and oxygen atoms in total. The van der Waals surface area contributed by atoms with Crippen molar-refractivity contribution < 1.29 is 9.53 Å². The molecule has 0 aliphatic carbocycles. The molecule has 0 saturated carbocycles. The van der Waals surface area contributed by atoms with E-state index in [1.807, 2.05) is 18.2 Å². The van der Waals surface area contributed by atoms with Gasteiger partial charge in [-0.25, -0.2) is 4.79 Å². The zero-order valence-corrected chi connectivity index (χ0v) is 15.1. The number of ether oxygens (including phenoxy) is 1. The van der Waals surface area contributed by atoms with Crippen LogP contribution in [0.4, 0.5) is 4.79 Å². The highest BCUT2D eigenvalue weighted by Crippen LogP contribution is 2.23. The Morgan fingerprint density at radius 3 is 2.68 bits per heavy atom. The number of hydrogen-bond donors (Lipinski definition) is 2. The van der Waals surface area contributed by atoms with Crippen molar-refractivity contribution in [3.8, 4) is 0 Å². The number of nitrogens with one attached hydrogen (secondary N) is 2. The maximum Gasteiger partial charge on any atom is 0.314 e. The van der Waals surface area contributed by atoms with Gasteiger partial charge in [0.15, 0.2) is 0 Å². The highest BCUT2D eigenvalue weighted by Gasteiger charge is 2.23. The van der Waals surface area contributed by atoms with Crippen LogP contribution in [0, 0.1) is 0 Å². The molecule has 2 amide bonds. The topological polar surface area (TPSA) is 53.6 Å². The van der Waals surface area contributed by atoms with Crippen molar-refractivity contribution in [2.24, 2.45) is 0 Å². The van der Waals surface area contributed by atoms with Crippen molar-refractivity contribution in [3.63, 3.8) is 0 Å². The van der Waals surface area contributed by atoms with E-state index in [2.05, 4.69) is 44.5 Å². The first kappa shape index (κ1) is 17.9. The summed E-state index contributed by atoms with van der Waals surface area (Å²) in [6.45, 7) is 4.55. The standard InChI is InChI=1S/C19H25N3O2S/c23-19(20-8-6-16-4-2-1-3-5-16)21-14-18(17-7-13-25-15-17)22-9-11-24-12-10-22/h1-5,7,13,15,18H,6,8-12,14H2,(H2,20,21,23)/t18-/m0/s1. The molecular formula is C19H25N3O2S. The van der Waals surface area contributed by atoms with Gasteiger partial charge in [0.25, 0.3) is 0 Å². The maximum atomic E-state index is 12.1. The summed E-state index contributed by atoms with van der Waals surface area (Å²) in [6.07, 6.45) is 0.839. The van der Waals surface area contributed by atoms with Crippen LogP contribution in [0.1, 0.15) is 17.2 Å². The fourth-order valence-electron chi connectivity index (χ4n) is 3.03. The Balaban J connectivity index is 1.46. The molecule has 0 spiro atoms. The van der Waals surface area contributed by atoms with Crippen LogP contribution in [0.25, 0.3) is 0 Å². The Labute approximate surface area is 153 Å². The van der Waals surface area contributed by atoms with Crippen LogP contribution in [0.2, 0.25) is 0 Å². The van der Waals surface area contributed by atoms with Gasteiger partial charge in [0.05, 0.1) is 19.3 Å². The highest BCUT2D eigenvalue weighted by molar-refractivity contribution is 7.07. The molecule has 2 N–H and O–H groups in total. The minimum atomic E-state index is -0.107.